The number of rotatable bonds is 3. The van der Waals surface area contributed by atoms with Crippen LogP contribution in [0.4, 0.5) is 0 Å². The third-order valence-corrected chi connectivity index (χ3v) is 5.07. The highest BCUT2D eigenvalue weighted by Gasteiger charge is 2.59. The Morgan fingerprint density at radius 3 is 2.70 bits per heavy atom. The minimum atomic E-state index is 0.210. The molecule has 0 spiro atoms. The molecule has 106 valence electrons. The molecule has 0 amide bonds. The first kappa shape index (κ1) is 13.6. The molecule has 1 aliphatic heterocycles. The Bertz CT molecular complexity index is 529. The van der Waals surface area contributed by atoms with E-state index in [2.05, 4.69) is 32.2 Å². The van der Waals surface area contributed by atoms with Gasteiger partial charge in [0.2, 0.25) is 0 Å². The summed E-state index contributed by atoms with van der Waals surface area (Å²) >= 11 is 0. The summed E-state index contributed by atoms with van der Waals surface area (Å²) in [6.45, 7) is 7.69. The van der Waals surface area contributed by atoms with Crippen LogP contribution in [0.15, 0.2) is 24.3 Å². The first-order chi connectivity index (χ1) is 9.54. The molecule has 1 heterocycles. The van der Waals surface area contributed by atoms with E-state index in [9.17, 15) is 0 Å². The van der Waals surface area contributed by atoms with E-state index in [0.29, 0.717) is 29.7 Å². The molecule has 3 rings (SSSR count). The van der Waals surface area contributed by atoms with Gasteiger partial charge < -0.3 is 10.1 Å². The molecule has 2 aliphatic rings. The molecular formula is C17H22N2O. The van der Waals surface area contributed by atoms with E-state index in [1.165, 1.54) is 12.0 Å². The summed E-state index contributed by atoms with van der Waals surface area (Å²) < 4.78 is 5.84. The summed E-state index contributed by atoms with van der Waals surface area (Å²) in [5.41, 5.74) is 2.17. The van der Waals surface area contributed by atoms with Crippen molar-refractivity contribution in [2.24, 2.45) is 11.3 Å². The van der Waals surface area contributed by atoms with Gasteiger partial charge in [-0.15, -0.1) is 0 Å². The van der Waals surface area contributed by atoms with Crippen LogP contribution in [0.1, 0.15) is 44.4 Å². The molecule has 3 nitrogen and oxygen atoms in total. The molecule has 1 saturated carbocycles. The van der Waals surface area contributed by atoms with Gasteiger partial charge in [-0.3, -0.25) is 0 Å². The van der Waals surface area contributed by atoms with Gasteiger partial charge in [0.05, 0.1) is 17.7 Å². The Morgan fingerprint density at radius 1 is 1.35 bits per heavy atom. The van der Waals surface area contributed by atoms with Gasteiger partial charge in [-0.25, -0.2) is 0 Å². The lowest BCUT2D eigenvalue weighted by atomic mass is 9.57. The molecule has 2 fully saturated rings. The van der Waals surface area contributed by atoms with Crippen LogP contribution in [-0.4, -0.2) is 18.8 Å². The summed E-state index contributed by atoms with van der Waals surface area (Å²) in [7, 11) is 0. The van der Waals surface area contributed by atoms with Gasteiger partial charge in [0.1, 0.15) is 0 Å². The number of nitrogens with zero attached hydrogens (tertiary/aromatic N) is 1. The number of benzene rings is 1. The second-order valence-electron chi connectivity index (χ2n) is 6.67. The Morgan fingerprint density at radius 2 is 2.05 bits per heavy atom. The van der Waals surface area contributed by atoms with Crippen LogP contribution in [-0.2, 0) is 4.74 Å². The van der Waals surface area contributed by atoms with Gasteiger partial charge in [0.25, 0.3) is 0 Å². The molecule has 3 heteroatoms. The molecule has 0 bridgehead atoms. The van der Waals surface area contributed by atoms with Gasteiger partial charge in [-0.1, -0.05) is 26.0 Å². The third-order valence-electron chi connectivity index (χ3n) is 5.07. The number of ether oxygens (including phenoxy) is 1. The van der Waals surface area contributed by atoms with E-state index in [-0.39, 0.29) is 5.41 Å². The van der Waals surface area contributed by atoms with Crippen LogP contribution in [0.5, 0.6) is 0 Å². The largest absolute Gasteiger partial charge is 0.377 e. The maximum Gasteiger partial charge on any atom is 0.0991 e. The van der Waals surface area contributed by atoms with Gasteiger partial charge >= 0.3 is 0 Å². The monoisotopic (exact) mass is 270 g/mol. The Labute approximate surface area is 120 Å². The average molecular weight is 270 g/mol. The highest BCUT2D eigenvalue weighted by atomic mass is 16.5. The fourth-order valence-corrected chi connectivity index (χ4v) is 3.87. The van der Waals surface area contributed by atoms with E-state index in [1.54, 1.807) is 0 Å². The molecule has 1 aromatic rings. The molecule has 4 unspecified atom stereocenters. The second-order valence-corrected chi connectivity index (χ2v) is 6.67. The zero-order valence-electron chi connectivity index (χ0n) is 12.4. The van der Waals surface area contributed by atoms with Gasteiger partial charge in [-0.2, -0.15) is 5.26 Å². The molecule has 1 aromatic carbocycles. The van der Waals surface area contributed by atoms with Crippen molar-refractivity contribution >= 4 is 0 Å². The molecule has 1 saturated heterocycles. The Kier molecular flexibility index (Phi) is 3.32. The topological polar surface area (TPSA) is 45.0 Å². The summed E-state index contributed by atoms with van der Waals surface area (Å²) in [6.07, 6.45) is 1.60. The standard InChI is InChI=1S/C17H22N2O/c1-11(13-6-4-12(10-18)5-7-13)19-15-14-8-9-20-16(14)17(15,2)3/h4-7,11,14-16,19H,8-9H2,1-3H3. The minimum absolute atomic E-state index is 0.210. The van der Waals surface area contributed by atoms with Crippen molar-refractivity contribution < 1.29 is 4.74 Å². The number of hydrogen-bond acceptors (Lipinski definition) is 3. The van der Waals surface area contributed by atoms with Crippen LogP contribution < -0.4 is 5.32 Å². The van der Waals surface area contributed by atoms with Crippen molar-refractivity contribution in [2.75, 3.05) is 6.61 Å². The first-order valence-electron chi connectivity index (χ1n) is 7.41. The van der Waals surface area contributed by atoms with Crippen LogP contribution in [0.3, 0.4) is 0 Å². The molecule has 1 N–H and O–H groups in total. The third kappa shape index (κ3) is 2.04. The SMILES string of the molecule is CC(NC1C2CCOC2C1(C)C)c1ccc(C#N)cc1. The van der Waals surface area contributed by atoms with Gasteiger partial charge in [0.15, 0.2) is 0 Å². The first-order valence-corrected chi connectivity index (χ1v) is 7.41. The zero-order valence-corrected chi connectivity index (χ0v) is 12.4. The number of nitrogens with one attached hydrogen (secondary N) is 1. The number of fused-ring (bicyclic) bond motifs is 1. The smallest absolute Gasteiger partial charge is 0.0991 e. The van der Waals surface area contributed by atoms with E-state index in [0.717, 1.165) is 6.61 Å². The maximum atomic E-state index is 8.85. The quantitative estimate of drug-likeness (QED) is 0.918. The molecule has 4 atom stereocenters. The normalized spacial score (nSPS) is 32.0. The van der Waals surface area contributed by atoms with Crippen LogP contribution >= 0.6 is 0 Å². The molecule has 1 aliphatic carbocycles. The van der Waals surface area contributed by atoms with E-state index in [1.807, 2.05) is 24.3 Å². The molecule has 0 radical (unpaired) electrons. The lowest BCUT2D eigenvalue weighted by molar-refractivity contribution is -0.115. The van der Waals surface area contributed by atoms with Crippen molar-refractivity contribution in [3.8, 4) is 6.07 Å². The maximum absolute atomic E-state index is 8.85. The summed E-state index contributed by atoms with van der Waals surface area (Å²) in [5.74, 6) is 0.658. The summed E-state index contributed by atoms with van der Waals surface area (Å²) in [5, 5.41) is 12.6. The lowest BCUT2D eigenvalue weighted by Gasteiger charge is -2.55. The number of nitriles is 1. The predicted molar refractivity (Wildman–Crippen MR) is 78.1 cm³/mol. The Balaban J connectivity index is 1.69. The van der Waals surface area contributed by atoms with Crippen molar-refractivity contribution in [1.29, 1.82) is 5.26 Å². The molecule has 20 heavy (non-hydrogen) atoms. The van der Waals surface area contributed by atoms with Crippen molar-refractivity contribution in [3.63, 3.8) is 0 Å². The average Bonchev–Trinajstić information content (AvgIpc) is 2.91. The molecule has 0 aromatic heterocycles. The highest BCUT2D eigenvalue weighted by molar-refractivity contribution is 5.33. The van der Waals surface area contributed by atoms with E-state index < -0.39 is 0 Å². The van der Waals surface area contributed by atoms with Crippen molar-refractivity contribution in [2.45, 2.75) is 45.4 Å². The molecular weight excluding hydrogens is 248 g/mol. The highest BCUT2D eigenvalue weighted by Crippen LogP contribution is 2.52. The van der Waals surface area contributed by atoms with Gasteiger partial charge in [0, 0.05) is 30.0 Å². The fourth-order valence-electron chi connectivity index (χ4n) is 3.87. The van der Waals surface area contributed by atoms with E-state index >= 15 is 0 Å². The zero-order chi connectivity index (χ0) is 14.3. The van der Waals surface area contributed by atoms with Crippen LogP contribution in [0.2, 0.25) is 0 Å². The van der Waals surface area contributed by atoms with Crippen molar-refractivity contribution in [3.05, 3.63) is 35.4 Å². The Hall–Kier alpha value is -1.37. The lowest BCUT2D eigenvalue weighted by Crippen LogP contribution is -2.66. The van der Waals surface area contributed by atoms with Crippen LogP contribution in [0.25, 0.3) is 0 Å². The van der Waals surface area contributed by atoms with E-state index in [4.69, 9.17) is 10.00 Å². The second kappa shape index (κ2) is 4.87. The fraction of sp³-hybridized carbons (Fsp3) is 0.588. The minimum Gasteiger partial charge on any atom is -0.377 e. The summed E-state index contributed by atoms with van der Waals surface area (Å²) in [4.78, 5) is 0. The number of hydrogen-bond donors (Lipinski definition) is 1. The van der Waals surface area contributed by atoms with Crippen LogP contribution in [0, 0.1) is 22.7 Å². The van der Waals surface area contributed by atoms with Gasteiger partial charge in [-0.05, 0) is 31.0 Å². The van der Waals surface area contributed by atoms with Crippen molar-refractivity contribution in [1.82, 2.24) is 5.32 Å². The summed E-state index contributed by atoms with van der Waals surface area (Å²) in [6, 6.07) is 10.8. The predicted octanol–water partition coefficient (Wildman–Crippen LogP) is 3.02.